The van der Waals surface area contributed by atoms with Crippen LogP contribution in [0, 0.1) is 5.92 Å². The molecule has 2 aromatic carbocycles. The van der Waals surface area contributed by atoms with Crippen molar-refractivity contribution < 1.29 is 14.9 Å². The number of hydrogen-bond acceptors (Lipinski definition) is 4. The smallest absolute Gasteiger partial charge is 0.166 e. The molecular weight excluding hydrogens is 388 g/mol. The Hall–Kier alpha value is -2.50. The monoisotopic (exact) mass is 414 g/mol. The van der Waals surface area contributed by atoms with Gasteiger partial charge < -0.3 is 19.9 Å². The third-order valence-electron chi connectivity index (χ3n) is 9.07. The third-order valence-corrected chi connectivity index (χ3v) is 9.07. The summed E-state index contributed by atoms with van der Waals surface area (Å²) in [5.74, 6) is 1.58. The van der Waals surface area contributed by atoms with Crippen molar-refractivity contribution in [3.05, 3.63) is 58.8 Å². The molecule has 1 aromatic heterocycles. The number of ether oxygens (including phenoxy) is 1. The Balaban J connectivity index is 1.43. The number of piperidine rings is 1. The zero-order chi connectivity index (χ0) is 20.5. The molecule has 2 aliphatic heterocycles. The van der Waals surface area contributed by atoms with Crippen molar-refractivity contribution >= 4 is 10.9 Å². The highest BCUT2D eigenvalue weighted by Gasteiger charge is 2.72. The lowest BCUT2D eigenvalue weighted by molar-refractivity contribution is -0.173. The summed E-state index contributed by atoms with van der Waals surface area (Å²) in [6, 6.07) is 12.3. The van der Waals surface area contributed by atoms with Crippen LogP contribution in [0.1, 0.15) is 47.8 Å². The van der Waals surface area contributed by atoms with Gasteiger partial charge in [0.05, 0.1) is 16.7 Å². The van der Waals surface area contributed by atoms with Crippen molar-refractivity contribution in [2.24, 2.45) is 5.92 Å². The van der Waals surface area contributed by atoms with E-state index in [4.69, 9.17) is 4.74 Å². The molecule has 31 heavy (non-hydrogen) atoms. The number of aromatic hydroxyl groups is 1. The number of likely N-dealkylation sites (tertiary alicyclic amines) is 1. The van der Waals surface area contributed by atoms with Crippen molar-refractivity contribution in [3.63, 3.8) is 0 Å². The van der Waals surface area contributed by atoms with E-state index in [0.717, 1.165) is 48.6 Å². The molecule has 158 valence electrons. The largest absolute Gasteiger partial charge is 0.504 e. The predicted octanol–water partition coefficient (Wildman–Crippen LogP) is 3.57. The number of aromatic nitrogens is 1. The van der Waals surface area contributed by atoms with E-state index < -0.39 is 11.0 Å². The number of hydrogen-bond donors (Lipinski definition) is 3. The number of fused-ring (bicyclic) bond motifs is 4. The van der Waals surface area contributed by atoms with Gasteiger partial charge in [0.25, 0.3) is 0 Å². The van der Waals surface area contributed by atoms with Crippen LogP contribution in [0.3, 0.4) is 0 Å². The molecule has 5 nitrogen and oxygen atoms in total. The SMILES string of the molecule is Oc1ccc2c3c1O[C@H]1c4[nH]c5ccccc5c4CC4(O)C(C2)N(CC2CC2)CC[C@]314. The number of phenols is 1. The van der Waals surface area contributed by atoms with Gasteiger partial charge in [0, 0.05) is 35.5 Å². The fourth-order valence-electron chi connectivity index (χ4n) is 7.57. The minimum Gasteiger partial charge on any atom is -0.504 e. The average molecular weight is 415 g/mol. The second kappa shape index (κ2) is 5.28. The molecule has 0 radical (unpaired) electrons. The summed E-state index contributed by atoms with van der Waals surface area (Å²) in [6.45, 7) is 2.07. The highest BCUT2D eigenvalue weighted by molar-refractivity contribution is 5.86. The number of nitrogens with one attached hydrogen (secondary N) is 1. The van der Waals surface area contributed by atoms with E-state index in [1.54, 1.807) is 6.07 Å². The fraction of sp³-hybridized carbons (Fsp3) is 0.462. The topological polar surface area (TPSA) is 68.7 Å². The molecule has 3 aliphatic carbocycles. The maximum Gasteiger partial charge on any atom is 0.166 e. The van der Waals surface area contributed by atoms with Gasteiger partial charge in [-0.1, -0.05) is 24.3 Å². The van der Waals surface area contributed by atoms with Crippen LogP contribution in [0.25, 0.3) is 10.9 Å². The minimum atomic E-state index is -0.908. The maximum absolute atomic E-state index is 12.7. The first-order valence-electron chi connectivity index (χ1n) is 11.7. The Morgan fingerprint density at radius 3 is 2.90 bits per heavy atom. The molecular formula is C26H26N2O3. The Kier molecular flexibility index (Phi) is 2.91. The quantitative estimate of drug-likeness (QED) is 0.600. The minimum absolute atomic E-state index is 0.0813. The summed E-state index contributed by atoms with van der Waals surface area (Å²) in [5, 5.41) is 24.6. The zero-order valence-electron chi connectivity index (χ0n) is 17.4. The fourth-order valence-corrected chi connectivity index (χ4v) is 7.57. The van der Waals surface area contributed by atoms with Crippen LogP contribution >= 0.6 is 0 Å². The molecule has 3 aromatic rings. The van der Waals surface area contributed by atoms with Gasteiger partial charge in [0.1, 0.15) is 0 Å². The first-order valence-corrected chi connectivity index (χ1v) is 11.7. The Labute approximate surface area is 180 Å². The number of para-hydroxylation sites is 1. The third kappa shape index (κ3) is 1.84. The lowest BCUT2D eigenvalue weighted by Crippen LogP contribution is -2.74. The lowest BCUT2D eigenvalue weighted by atomic mass is 9.49. The maximum atomic E-state index is 12.7. The van der Waals surface area contributed by atoms with E-state index in [9.17, 15) is 10.2 Å². The van der Waals surface area contributed by atoms with Gasteiger partial charge in [-0.3, -0.25) is 4.90 Å². The van der Waals surface area contributed by atoms with Crippen LogP contribution in [-0.2, 0) is 18.3 Å². The molecule has 2 unspecified atom stereocenters. The first-order chi connectivity index (χ1) is 15.1. The van der Waals surface area contributed by atoms with Crippen LogP contribution in [-0.4, -0.2) is 44.8 Å². The number of rotatable bonds is 2. The standard InChI is InChI=1S/C26H26N2O3/c29-19-8-7-15-11-20-26(30)12-17-16-3-1-2-4-18(16)27-22(17)24-25(26,21(15)23(19)31-24)9-10-28(20)13-14-5-6-14/h1-4,7-8,14,20,24,27,29-30H,5-6,9-13H2/t20?,24-,25-,26?/m0/s1. The molecule has 0 amide bonds. The normalized spacial score (nSPS) is 35.0. The second-order valence-electron chi connectivity index (χ2n) is 10.5. The number of H-pyrrole nitrogens is 1. The summed E-state index contributed by atoms with van der Waals surface area (Å²) >= 11 is 0. The van der Waals surface area contributed by atoms with E-state index >= 15 is 0 Å². The summed E-state index contributed by atoms with van der Waals surface area (Å²) in [7, 11) is 0. The van der Waals surface area contributed by atoms with E-state index in [-0.39, 0.29) is 17.9 Å². The number of nitrogens with zero attached hydrogens (tertiary/aromatic N) is 1. The van der Waals surface area contributed by atoms with Crippen molar-refractivity contribution in [2.75, 3.05) is 13.1 Å². The number of aliphatic hydroxyl groups is 1. The molecule has 2 bridgehead atoms. The number of aromatic amines is 1. The molecule has 8 rings (SSSR count). The zero-order valence-corrected chi connectivity index (χ0v) is 17.4. The number of benzene rings is 2. The highest BCUT2D eigenvalue weighted by Crippen LogP contribution is 2.69. The van der Waals surface area contributed by atoms with Gasteiger partial charge in [-0.15, -0.1) is 0 Å². The molecule has 1 saturated carbocycles. The second-order valence-corrected chi connectivity index (χ2v) is 10.5. The molecule has 1 spiro atoms. The van der Waals surface area contributed by atoms with Crippen LogP contribution in [0.2, 0.25) is 0 Å². The molecule has 3 N–H and O–H groups in total. The summed E-state index contributed by atoms with van der Waals surface area (Å²) in [4.78, 5) is 6.22. The van der Waals surface area contributed by atoms with Crippen molar-refractivity contribution in [1.29, 1.82) is 0 Å². The average Bonchev–Trinajstić information content (AvgIpc) is 3.40. The Morgan fingerprint density at radius 2 is 2.03 bits per heavy atom. The Morgan fingerprint density at radius 1 is 1.16 bits per heavy atom. The van der Waals surface area contributed by atoms with Crippen LogP contribution in [0.4, 0.5) is 0 Å². The number of phenolic OH excluding ortho intramolecular Hbond substituents is 1. The molecule has 1 saturated heterocycles. The van der Waals surface area contributed by atoms with Gasteiger partial charge in [-0.05, 0) is 61.4 Å². The van der Waals surface area contributed by atoms with E-state index in [1.165, 1.54) is 29.4 Å². The molecule has 4 atom stereocenters. The van der Waals surface area contributed by atoms with E-state index in [0.29, 0.717) is 12.2 Å². The summed E-state index contributed by atoms with van der Waals surface area (Å²) in [6.07, 6.45) is 4.66. The van der Waals surface area contributed by atoms with Crippen molar-refractivity contribution in [3.8, 4) is 11.5 Å². The van der Waals surface area contributed by atoms with Crippen LogP contribution in [0.5, 0.6) is 11.5 Å². The highest BCUT2D eigenvalue weighted by atomic mass is 16.5. The van der Waals surface area contributed by atoms with Crippen molar-refractivity contribution in [1.82, 2.24) is 9.88 Å². The van der Waals surface area contributed by atoms with Gasteiger partial charge >= 0.3 is 0 Å². The van der Waals surface area contributed by atoms with Crippen LogP contribution in [0.15, 0.2) is 36.4 Å². The van der Waals surface area contributed by atoms with Gasteiger partial charge in [-0.2, -0.15) is 0 Å². The van der Waals surface area contributed by atoms with Gasteiger partial charge in [0.15, 0.2) is 17.6 Å². The first kappa shape index (κ1) is 17.1. The molecule has 3 heterocycles. The predicted molar refractivity (Wildman–Crippen MR) is 117 cm³/mol. The van der Waals surface area contributed by atoms with Crippen molar-refractivity contribution in [2.45, 2.75) is 55.3 Å². The van der Waals surface area contributed by atoms with Gasteiger partial charge in [0.2, 0.25) is 0 Å². The van der Waals surface area contributed by atoms with Gasteiger partial charge in [-0.25, -0.2) is 0 Å². The Bertz CT molecular complexity index is 1280. The van der Waals surface area contributed by atoms with Crippen LogP contribution < -0.4 is 4.74 Å². The van der Waals surface area contributed by atoms with E-state index in [2.05, 4.69) is 34.1 Å². The molecule has 2 fully saturated rings. The molecule has 5 aliphatic rings. The summed E-state index contributed by atoms with van der Waals surface area (Å²) in [5.41, 5.74) is 4.27. The molecule has 5 heteroatoms. The summed E-state index contributed by atoms with van der Waals surface area (Å²) < 4.78 is 6.60. The van der Waals surface area contributed by atoms with E-state index in [1.807, 2.05) is 6.07 Å². The lowest BCUT2D eigenvalue weighted by Gasteiger charge is -2.62.